The second-order valence-electron chi connectivity index (χ2n) is 3.35. The normalized spacial score (nSPS) is 10.7. The Morgan fingerprint density at radius 3 is 2.73 bits per heavy atom. The van der Waals surface area contributed by atoms with Crippen LogP contribution in [-0.4, -0.2) is 6.54 Å². The van der Waals surface area contributed by atoms with Gasteiger partial charge in [0.05, 0.1) is 4.47 Å². The van der Waals surface area contributed by atoms with Crippen LogP contribution in [0.2, 0.25) is 0 Å². The summed E-state index contributed by atoms with van der Waals surface area (Å²) in [5.74, 6) is -1.02. The van der Waals surface area contributed by atoms with Crippen LogP contribution in [-0.2, 0) is 6.54 Å². The fourth-order valence-electron chi connectivity index (χ4n) is 1.25. The smallest absolute Gasteiger partial charge is 0.144 e. The van der Waals surface area contributed by atoms with Crippen molar-refractivity contribution < 1.29 is 8.78 Å². The fraction of sp³-hybridized carbons (Fsp3) is 0.455. The van der Waals surface area contributed by atoms with Gasteiger partial charge >= 0.3 is 0 Å². The summed E-state index contributed by atoms with van der Waals surface area (Å²) in [5, 5.41) is 3.01. The van der Waals surface area contributed by atoms with Crippen molar-refractivity contribution in [1.29, 1.82) is 0 Å². The summed E-state index contributed by atoms with van der Waals surface area (Å²) < 4.78 is 27.0. The number of benzene rings is 1. The molecular weight excluding hydrogens is 264 g/mol. The Morgan fingerprint density at radius 2 is 2.07 bits per heavy atom. The highest BCUT2D eigenvalue weighted by Gasteiger charge is 2.11. The molecule has 0 unspecified atom stereocenters. The van der Waals surface area contributed by atoms with E-state index < -0.39 is 11.6 Å². The van der Waals surface area contributed by atoms with Gasteiger partial charge in [-0.2, -0.15) is 0 Å². The molecule has 1 rings (SSSR count). The average molecular weight is 278 g/mol. The van der Waals surface area contributed by atoms with E-state index in [0.29, 0.717) is 4.47 Å². The quantitative estimate of drug-likeness (QED) is 0.640. The summed E-state index contributed by atoms with van der Waals surface area (Å²) in [5.41, 5.74) is 0.0977. The van der Waals surface area contributed by atoms with Gasteiger partial charge in [-0.25, -0.2) is 8.78 Å². The van der Waals surface area contributed by atoms with Gasteiger partial charge in [0, 0.05) is 12.1 Å². The summed E-state index contributed by atoms with van der Waals surface area (Å²) in [6, 6.07) is 2.64. The lowest BCUT2D eigenvalue weighted by Gasteiger charge is -2.07. The van der Waals surface area contributed by atoms with Crippen molar-refractivity contribution in [2.75, 3.05) is 6.54 Å². The zero-order valence-corrected chi connectivity index (χ0v) is 10.2. The minimum atomic E-state index is -0.515. The molecule has 0 saturated heterocycles. The van der Waals surface area contributed by atoms with Gasteiger partial charge in [0.2, 0.25) is 0 Å². The average Bonchev–Trinajstić information content (AvgIpc) is 2.23. The molecule has 0 saturated carbocycles. The fourth-order valence-corrected chi connectivity index (χ4v) is 1.62. The van der Waals surface area contributed by atoms with E-state index in [9.17, 15) is 8.78 Å². The molecule has 0 atom stereocenters. The van der Waals surface area contributed by atoms with E-state index in [0.717, 1.165) is 19.4 Å². The first-order chi connectivity index (χ1) is 7.16. The lowest BCUT2D eigenvalue weighted by molar-refractivity contribution is 0.528. The van der Waals surface area contributed by atoms with E-state index in [1.807, 2.05) is 0 Å². The monoisotopic (exact) mass is 277 g/mol. The van der Waals surface area contributed by atoms with Gasteiger partial charge in [-0.3, -0.25) is 0 Å². The maximum Gasteiger partial charge on any atom is 0.144 e. The largest absolute Gasteiger partial charge is 0.312 e. The molecule has 0 bridgehead atoms. The highest BCUT2D eigenvalue weighted by Crippen LogP contribution is 2.21. The summed E-state index contributed by atoms with van der Waals surface area (Å²) >= 11 is 3.03. The van der Waals surface area contributed by atoms with Crippen molar-refractivity contribution in [3.63, 3.8) is 0 Å². The number of nitrogens with one attached hydrogen (secondary N) is 1. The third-order valence-corrected chi connectivity index (χ3v) is 2.76. The van der Waals surface area contributed by atoms with E-state index in [1.54, 1.807) is 0 Å². The van der Waals surface area contributed by atoms with Gasteiger partial charge in [0.1, 0.15) is 11.6 Å². The Labute approximate surface area is 97.0 Å². The van der Waals surface area contributed by atoms with Gasteiger partial charge in [-0.15, -0.1) is 0 Å². The number of unbranched alkanes of at least 4 members (excludes halogenated alkanes) is 1. The van der Waals surface area contributed by atoms with Gasteiger partial charge in [-0.1, -0.05) is 13.3 Å². The summed E-state index contributed by atoms with van der Waals surface area (Å²) in [6.45, 7) is 3.08. The molecule has 1 N–H and O–H groups in total. The molecule has 1 aromatic carbocycles. The van der Waals surface area contributed by atoms with Crippen LogP contribution >= 0.6 is 15.9 Å². The second-order valence-corrected chi connectivity index (χ2v) is 4.21. The second kappa shape index (κ2) is 6.18. The topological polar surface area (TPSA) is 12.0 Å². The molecule has 0 spiro atoms. The van der Waals surface area contributed by atoms with Crippen molar-refractivity contribution in [2.45, 2.75) is 26.3 Å². The third-order valence-electron chi connectivity index (χ3n) is 2.15. The Morgan fingerprint density at radius 1 is 1.33 bits per heavy atom. The Balaban J connectivity index is 2.63. The number of hydrogen-bond donors (Lipinski definition) is 1. The zero-order chi connectivity index (χ0) is 11.3. The van der Waals surface area contributed by atoms with Crippen LogP contribution in [0.5, 0.6) is 0 Å². The van der Waals surface area contributed by atoms with Crippen molar-refractivity contribution in [1.82, 2.24) is 5.32 Å². The van der Waals surface area contributed by atoms with Crippen LogP contribution in [0.1, 0.15) is 25.3 Å². The maximum absolute atomic E-state index is 13.4. The Kier molecular flexibility index (Phi) is 5.19. The molecular formula is C11H14BrF2N. The van der Waals surface area contributed by atoms with Crippen LogP contribution in [0.15, 0.2) is 16.6 Å². The van der Waals surface area contributed by atoms with Crippen molar-refractivity contribution in [3.05, 3.63) is 33.8 Å². The third kappa shape index (κ3) is 3.54. The predicted octanol–water partition coefficient (Wildman–Crippen LogP) is 3.62. The summed E-state index contributed by atoms with van der Waals surface area (Å²) in [4.78, 5) is 0. The number of hydrogen-bond acceptors (Lipinski definition) is 1. The molecule has 84 valence electrons. The van der Waals surface area contributed by atoms with Gasteiger partial charge in [0.15, 0.2) is 0 Å². The predicted molar refractivity (Wildman–Crippen MR) is 60.7 cm³/mol. The van der Waals surface area contributed by atoms with E-state index in [-0.39, 0.29) is 12.1 Å². The maximum atomic E-state index is 13.4. The highest BCUT2D eigenvalue weighted by atomic mass is 79.9. The molecule has 0 fully saturated rings. The minimum absolute atomic E-state index is 0.0977. The molecule has 0 amide bonds. The van der Waals surface area contributed by atoms with Crippen LogP contribution in [0.3, 0.4) is 0 Å². The number of halogens is 3. The minimum Gasteiger partial charge on any atom is -0.312 e. The molecule has 15 heavy (non-hydrogen) atoms. The highest BCUT2D eigenvalue weighted by molar-refractivity contribution is 9.10. The van der Waals surface area contributed by atoms with Crippen LogP contribution in [0, 0.1) is 11.6 Å². The molecule has 0 heterocycles. The van der Waals surface area contributed by atoms with E-state index >= 15 is 0 Å². The molecule has 1 aromatic rings. The number of rotatable bonds is 5. The standard InChI is InChI=1S/C11H14BrF2N/c1-2-3-6-15-7-8-10(13)5-4-9(12)11(8)14/h4-5,15H,2-3,6-7H2,1H3. The van der Waals surface area contributed by atoms with Crippen molar-refractivity contribution in [3.8, 4) is 0 Å². The SMILES string of the molecule is CCCCNCc1c(F)ccc(Br)c1F. The molecule has 0 aliphatic heterocycles. The molecule has 1 nitrogen and oxygen atoms in total. The Hall–Kier alpha value is -0.480. The van der Waals surface area contributed by atoms with E-state index in [1.165, 1.54) is 12.1 Å². The van der Waals surface area contributed by atoms with Crippen molar-refractivity contribution in [2.24, 2.45) is 0 Å². The molecule has 0 aliphatic rings. The van der Waals surface area contributed by atoms with Crippen LogP contribution in [0.4, 0.5) is 8.78 Å². The van der Waals surface area contributed by atoms with Gasteiger partial charge < -0.3 is 5.32 Å². The molecule has 4 heteroatoms. The lowest BCUT2D eigenvalue weighted by atomic mass is 10.2. The molecule has 0 aliphatic carbocycles. The Bertz CT molecular complexity index is 329. The first kappa shape index (κ1) is 12.6. The van der Waals surface area contributed by atoms with Crippen molar-refractivity contribution >= 4 is 15.9 Å². The summed E-state index contributed by atoms with van der Waals surface area (Å²) in [6.07, 6.45) is 2.08. The van der Waals surface area contributed by atoms with Crippen LogP contribution in [0.25, 0.3) is 0 Å². The van der Waals surface area contributed by atoms with E-state index in [4.69, 9.17) is 0 Å². The molecule has 0 aromatic heterocycles. The summed E-state index contributed by atoms with van der Waals surface area (Å²) in [7, 11) is 0. The van der Waals surface area contributed by atoms with Gasteiger partial charge in [-0.05, 0) is 41.0 Å². The molecule has 0 radical (unpaired) electrons. The lowest BCUT2D eigenvalue weighted by Crippen LogP contribution is -2.16. The van der Waals surface area contributed by atoms with E-state index in [2.05, 4.69) is 28.2 Å². The zero-order valence-electron chi connectivity index (χ0n) is 8.62. The van der Waals surface area contributed by atoms with Gasteiger partial charge in [0.25, 0.3) is 0 Å². The first-order valence-electron chi connectivity index (χ1n) is 5.00. The van der Waals surface area contributed by atoms with Crippen LogP contribution < -0.4 is 5.32 Å². The first-order valence-corrected chi connectivity index (χ1v) is 5.79.